The Morgan fingerprint density at radius 1 is 1.53 bits per heavy atom. The molecule has 0 unspecified atom stereocenters. The molecule has 0 radical (unpaired) electrons. The third-order valence-electron chi connectivity index (χ3n) is 2.26. The van der Waals surface area contributed by atoms with Gasteiger partial charge in [-0.25, -0.2) is 9.18 Å². The highest BCUT2D eigenvalue weighted by Crippen LogP contribution is 2.32. The maximum atomic E-state index is 13.9. The Hall–Kier alpha value is -1.69. The van der Waals surface area contributed by atoms with Crippen molar-refractivity contribution in [2.75, 3.05) is 0 Å². The Labute approximate surface area is 104 Å². The van der Waals surface area contributed by atoms with Crippen LogP contribution in [0.3, 0.4) is 0 Å². The maximum Gasteiger partial charge on any atom is 0.358 e. The SMILES string of the molecule is Cc1ccc(Br)c(-c2cc(C(=O)O)no2)c1F. The first kappa shape index (κ1) is 11.8. The predicted molar refractivity (Wildman–Crippen MR) is 61.3 cm³/mol. The Morgan fingerprint density at radius 2 is 2.24 bits per heavy atom. The van der Waals surface area contributed by atoms with Crippen LogP contribution in [0.2, 0.25) is 0 Å². The molecule has 0 aliphatic rings. The predicted octanol–water partition coefficient (Wildman–Crippen LogP) is 3.25. The van der Waals surface area contributed by atoms with Gasteiger partial charge in [-0.2, -0.15) is 0 Å². The lowest BCUT2D eigenvalue weighted by Gasteiger charge is -2.04. The summed E-state index contributed by atoms with van der Waals surface area (Å²) in [5.41, 5.74) is 0.356. The second kappa shape index (κ2) is 4.29. The summed E-state index contributed by atoms with van der Waals surface area (Å²) < 4.78 is 19.2. The summed E-state index contributed by atoms with van der Waals surface area (Å²) in [5, 5.41) is 12.1. The van der Waals surface area contributed by atoms with Gasteiger partial charge in [0.2, 0.25) is 0 Å². The number of hydrogen-bond donors (Lipinski definition) is 1. The zero-order chi connectivity index (χ0) is 12.6. The van der Waals surface area contributed by atoms with Crippen LogP contribution in [0.25, 0.3) is 11.3 Å². The number of aromatic carboxylic acids is 1. The molecule has 0 bridgehead atoms. The molecular weight excluding hydrogens is 293 g/mol. The Balaban J connectivity index is 2.60. The van der Waals surface area contributed by atoms with Gasteiger partial charge in [0.25, 0.3) is 0 Å². The van der Waals surface area contributed by atoms with E-state index in [0.29, 0.717) is 10.0 Å². The molecule has 1 N–H and O–H groups in total. The second-order valence-electron chi connectivity index (χ2n) is 3.43. The minimum absolute atomic E-state index is 0.0791. The number of carboxylic acid groups (broad SMARTS) is 1. The highest BCUT2D eigenvalue weighted by molar-refractivity contribution is 9.10. The van der Waals surface area contributed by atoms with Crippen molar-refractivity contribution in [2.24, 2.45) is 0 Å². The molecule has 2 aromatic rings. The van der Waals surface area contributed by atoms with Gasteiger partial charge < -0.3 is 9.63 Å². The molecule has 0 fully saturated rings. The van der Waals surface area contributed by atoms with E-state index in [2.05, 4.69) is 21.1 Å². The van der Waals surface area contributed by atoms with E-state index in [9.17, 15) is 9.18 Å². The third kappa shape index (κ3) is 2.08. The second-order valence-corrected chi connectivity index (χ2v) is 4.29. The molecule has 1 aromatic carbocycles. The van der Waals surface area contributed by atoms with E-state index < -0.39 is 11.8 Å². The van der Waals surface area contributed by atoms with Gasteiger partial charge in [0.1, 0.15) is 5.82 Å². The average molecular weight is 300 g/mol. The lowest BCUT2D eigenvalue weighted by atomic mass is 10.1. The van der Waals surface area contributed by atoms with E-state index in [-0.39, 0.29) is 17.0 Å². The highest BCUT2D eigenvalue weighted by Gasteiger charge is 2.18. The number of aryl methyl sites for hydroxylation is 1. The van der Waals surface area contributed by atoms with Gasteiger partial charge >= 0.3 is 5.97 Å². The molecule has 0 atom stereocenters. The molecule has 17 heavy (non-hydrogen) atoms. The first-order valence-corrected chi connectivity index (χ1v) is 5.45. The Morgan fingerprint density at radius 3 is 2.82 bits per heavy atom. The van der Waals surface area contributed by atoms with Crippen molar-refractivity contribution in [1.29, 1.82) is 0 Å². The van der Waals surface area contributed by atoms with Gasteiger partial charge in [0, 0.05) is 10.5 Å². The van der Waals surface area contributed by atoms with Crippen molar-refractivity contribution < 1.29 is 18.8 Å². The van der Waals surface area contributed by atoms with E-state index in [1.165, 1.54) is 6.07 Å². The van der Waals surface area contributed by atoms with Crippen LogP contribution in [-0.4, -0.2) is 16.2 Å². The van der Waals surface area contributed by atoms with Crippen molar-refractivity contribution >= 4 is 21.9 Å². The highest BCUT2D eigenvalue weighted by atomic mass is 79.9. The van der Waals surface area contributed by atoms with Gasteiger partial charge in [0.05, 0.1) is 5.56 Å². The Kier molecular flexibility index (Phi) is 2.97. The molecule has 0 aliphatic heterocycles. The molecule has 0 saturated carbocycles. The number of nitrogens with zero attached hydrogens (tertiary/aromatic N) is 1. The maximum absolute atomic E-state index is 13.9. The first-order chi connectivity index (χ1) is 8.00. The van der Waals surface area contributed by atoms with Gasteiger partial charge in [-0.05, 0) is 34.5 Å². The lowest BCUT2D eigenvalue weighted by molar-refractivity contribution is 0.0686. The third-order valence-corrected chi connectivity index (χ3v) is 2.92. The van der Waals surface area contributed by atoms with Crippen LogP contribution in [0.4, 0.5) is 4.39 Å². The number of halogens is 2. The largest absolute Gasteiger partial charge is 0.476 e. The molecule has 6 heteroatoms. The van der Waals surface area contributed by atoms with Crippen LogP contribution >= 0.6 is 15.9 Å². The summed E-state index contributed by atoms with van der Waals surface area (Å²) in [6.07, 6.45) is 0. The molecule has 0 amide bonds. The summed E-state index contributed by atoms with van der Waals surface area (Å²) in [5.74, 6) is -1.60. The molecular formula is C11H7BrFNO3. The Bertz CT molecular complexity index is 594. The fraction of sp³-hybridized carbons (Fsp3) is 0.0909. The fourth-order valence-corrected chi connectivity index (χ4v) is 1.88. The summed E-state index contributed by atoms with van der Waals surface area (Å²) in [6, 6.07) is 4.46. The fourth-order valence-electron chi connectivity index (χ4n) is 1.38. The summed E-state index contributed by atoms with van der Waals surface area (Å²) in [4.78, 5) is 10.7. The molecule has 4 nitrogen and oxygen atoms in total. The van der Waals surface area contributed by atoms with Crippen LogP contribution in [0.5, 0.6) is 0 Å². The normalized spacial score (nSPS) is 10.5. The van der Waals surface area contributed by atoms with E-state index in [4.69, 9.17) is 9.63 Å². The zero-order valence-electron chi connectivity index (χ0n) is 8.70. The number of aromatic nitrogens is 1. The van der Waals surface area contributed by atoms with Crippen LogP contribution in [0.15, 0.2) is 27.2 Å². The topological polar surface area (TPSA) is 63.3 Å². The number of benzene rings is 1. The van der Waals surface area contributed by atoms with Gasteiger partial charge in [-0.3, -0.25) is 0 Å². The van der Waals surface area contributed by atoms with Gasteiger partial charge in [0.15, 0.2) is 11.5 Å². The number of carbonyl (C=O) groups is 1. The minimum Gasteiger partial charge on any atom is -0.476 e. The first-order valence-electron chi connectivity index (χ1n) is 4.65. The lowest BCUT2D eigenvalue weighted by Crippen LogP contribution is -1.94. The molecule has 0 spiro atoms. The molecule has 2 rings (SSSR count). The van der Waals surface area contributed by atoms with E-state index in [1.54, 1.807) is 19.1 Å². The summed E-state index contributed by atoms with van der Waals surface area (Å²) in [6.45, 7) is 1.61. The average Bonchev–Trinajstić information content (AvgIpc) is 2.73. The van der Waals surface area contributed by atoms with Crippen LogP contribution in [0.1, 0.15) is 16.1 Å². The number of rotatable bonds is 2. The zero-order valence-corrected chi connectivity index (χ0v) is 10.3. The van der Waals surface area contributed by atoms with Gasteiger partial charge in [-0.15, -0.1) is 0 Å². The molecule has 1 aromatic heterocycles. The van der Waals surface area contributed by atoms with Gasteiger partial charge in [-0.1, -0.05) is 11.2 Å². The van der Waals surface area contributed by atoms with E-state index >= 15 is 0 Å². The van der Waals surface area contributed by atoms with E-state index in [0.717, 1.165) is 0 Å². The van der Waals surface area contributed by atoms with Crippen LogP contribution < -0.4 is 0 Å². The number of carboxylic acids is 1. The number of hydrogen-bond acceptors (Lipinski definition) is 3. The van der Waals surface area contributed by atoms with Crippen LogP contribution in [-0.2, 0) is 0 Å². The molecule has 0 aliphatic carbocycles. The minimum atomic E-state index is -1.22. The summed E-state index contributed by atoms with van der Waals surface area (Å²) in [7, 11) is 0. The molecule has 1 heterocycles. The van der Waals surface area contributed by atoms with Crippen molar-refractivity contribution in [1.82, 2.24) is 5.16 Å². The smallest absolute Gasteiger partial charge is 0.358 e. The van der Waals surface area contributed by atoms with Crippen molar-refractivity contribution in [2.45, 2.75) is 6.92 Å². The van der Waals surface area contributed by atoms with Crippen LogP contribution in [0, 0.1) is 12.7 Å². The monoisotopic (exact) mass is 299 g/mol. The van der Waals surface area contributed by atoms with Crippen molar-refractivity contribution in [3.8, 4) is 11.3 Å². The molecule has 88 valence electrons. The summed E-state index contributed by atoms with van der Waals surface area (Å²) >= 11 is 3.19. The van der Waals surface area contributed by atoms with Crippen molar-refractivity contribution in [3.63, 3.8) is 0 Å². The quantitative estimate of drug-likeness (QED) is 0.924. The van der Waals surface area contributed by atoms with Crippen molar-refractivity contribution in [3.05, 3.63) is 39.7 Å². The van der Waals surface area contributed by atoms with E-state index in [1.807, 2.05) is 0 Å². The standard InChI is InChI=1S/C11H7BrFNO3/c1-5-2-3-6(12)9(10(5)13)8-4-7(11(15)16)14-17-8/h2-4H,1H3,(H,15,16). The molecule has 0 saturated heterocycles.